The third-order valence-electron chi connectivity index (χ3n) is 8.19. The van der Waals surface area contributed by atoms with Crippen LogP contribution in [0.4, 0.5) is 5.69 Å². The summed E-state index contributed by atoms with van der Waals surface area (Å²) >= 11 is 0. The maximum atomic E-state index is 14.0. The van der Waals surface area contributed by atoms with Gasteiger partial charge in [0.25, 0.3) is 5.91 Å². The van der Waals surface area contributed by atoms with Gasteiger partial charge in [-0.2, -0.15) is 0 Å². The first-order valence-electron chi connectivity index (χ1n) is 14.8. The van der Waals surface area contributed by atoms with Crippen LogP contribution in [0.2, 0.25) is 0 Å². The number of aryl methyl sites for hydroxylation is 2. The lowest BCUT2D eigenvalue weighted by Crippen LogP contribution is -2.43. The highest BCUT2D eigenvalue weighted by Crippen LogP contribution is 2.38. The number of imidazole rings is 1. The fourth-order valence-electron chi connectivity index (χ4n) is 6.02. The Labute approximate surface area is 242 Å². The van der Waals surface area contributed by atoms with Crippen molar-refractivity contribution >= 4 is 11.6 Å². The van der Waals surface area contributed by atoms with Crippen LogP contribution in [0, 0.1) is 13.8 Å². The summed E-state index contributed by atoms with van der Waals surface area (Å²) in [7, 11) is 0. The minimum Gasteiger partial charge on any atom is -0.493 e. The number of carbonyl (C=O) groups excluding carboxylic acids is 1. The zero-order valence-corrected chi connectivity index (χ0v) is 24.1. The van der Waals surface area contributed by atoms with Crippen molar-refractivity contribution < 1.29 is 9.53 Å². The standard InChI is InChI=1S/C34H39N5O2/c1-25-23-28(13-14-32(25)41-22-8-18-37-20-16-35-17-21-37)34(40)38-19-15-30-33(29-11-6-7-12-31(29)38)39(26(2)36-30)24-27-9-4-3-5-10-27/h3-7,9-14,23,35H,8,15-22,24H2,1-2H3. The van der Waals surface area contributed by atoms with Gasteiger partial charge in [-0.1, -0.05) is 48.5 Å². The number of hydrogen-bond donors (Lipinski definition) is 1. The molecule has 2 aliphatic heterocycles. The molecule has 1 fully saturated rings. The van der Waals surface area contributed by atoms with E-state index in [9.17, 15) is 4.79 Å². The number of anilines is 1. The molecule has 0 saturated carbocycles. The molecule has 0 bridgehead atoms. The van der Waals surface area contributed by atoms with Gasteiger partial charge in [0, 0.05) is 63.4 Å². The molecule has 0 atom stereocenters. The second kappa shape index (κ2) is 12.3. The number of hydrogen-bond acceptors (Lipinski definition) is 5. The zero-order valence-electron chi connectivity index (χ0n) is 24.1. The molecule has 1 saturated heterocycles. The molecule has 1 amide bonds. The number of fused-ring (bicyclic) bond motifs is 3. The highest BCUT2D eigenvalue weighted by molar-refractivity contribution is 6.08. The predicted octanol–water partition coefficient (Wildman–Crippen LogP) is 5.09. The van der Waals surface area contributed by atoms with Crippen LogP contribution in [0.3, 0.4) is 0 Å². The van der Waals surface area contributed by atoms with Gasteiger partial charge >= 0.3 is 0 Å². The summed E-state index contributed by atoms with van der Waals surface area (Å²) in [5.74, 6) is 1.84. The zero-order chi connectivity index (χ0) is 28.2. The van der Waals surface area contributed by atoms with E-state index < -0.39 is 0 Å². The van der Waals surface area contributed by atoms with Crippen molar-refractivity contribution in [3.8, 4) is 17.0 Å². The van der Waals surface area contributed by atoms with Gasteiger partial charge in [0.05, 0.1) is 23.7 Å². The molecule has 0 radical (unpaired) electrons. The maximum absolute atomic E-state index is 14.0. The fourth-order valence-corrected chi connectivity index (χ4v) is 6.02. The van der Waals surface area contributed by atoms with E-state index in [-0.39, 0.29) is 5.91 Å². The van der Waals surface area contributed by atoms with Gasteiger partial charge in [0.2, 0.25) is 0 Å². The van der Waals surface area contributed by atoms with Gasteiger partial charge in [-0.3, -0.25) is 4.79 Å². The molecular weight excluding hydrogens is 510 g/mol. The number of piperazine rings is 1. The molecule has 0 spiro atoms. The van der Waals surface area contributed by atoms with E-state index >= 15 is 0 Å². The van der Waals surface area contributed by atoms with Crippen LogP contribution in [-0.4, -0.2) is 66.2 Å². The molecule has 212 valence electrons. The summed E-state index contributed by atoms with van der Waals surface area (Å²) in [5, 5.41) is 3.39. The SMILES string of the molecule is Cc1cc(C(=O)N2CCc3nc(C)n(Cc4ccccc4)c3-c3ccccc32)ccc1OCCCN1CCNCC1. The van der Waals surface area contributed by atoms with Gasteiger partial charge in [0.1, 0.15) is 11.6 Å². The van der Waals surface area contributed by atoms with Crippen molar-refractivity contribution in [3.05, 3.63) is 101 Å². The van der Waals surface area contributed by atoms with Crippen molar-refractivity contribution in [2.24, 2.45) is 0 Å². The Balaban J connectivity index is 1.20. The summed E-state index contributed by atoms with van der Waals surface area (Å²) in [5.41, 5.74) is 7.01. The van der Waals surface area contributed by atoms with Crippen molar-refractivity contribution in [1.82, 2.24) is 19.8 Å². The molecular formula is C34H39N5O2. The summed E-state index contributed by atoms with van der Waals surface area (Å²) in [6, 6.07) is 24.5. The molecule has 2 aliphatic rings. The van der Waals surface area contributed by atoms with Crippen molar-refractivity contribution in [1.29, 1.82) is 0 Å². The Morgan fingerprint density at radius 1 is 0.951 bits per heavy atom. The molecule has 7 heteroatoms. The average molecular weight is 550 g/mol. The van der Waals surface area contributed by atoms with E-state index in [1.165, 1.54) is 5.56 Å². The van der Waals surface area contributed by atoms with Crippen LogP contribution in [0.1, 0.15) is 39.4 Å². The molecule has 3 aromatic carbocycles. The van der Waals surface area contributed by atoms with E-state index in [2.05, 4.69) is 58.1 Å². The third kappa shape index (κ3) is 5.92. The van der Waals surface area contributed by atoms with Crippen molar-refractivity contribution in [2.75, 3.05) is 50.8 Å². The summed E-state index contributed by atoms with van der Waals surface area (Å²) < 4.78 is 8.40. The molecule has 3 heterocycles. The van der Waals surface area contributed by atoms with E-state index in [0.717, 1.165) is 85.5 Å². The van der Waals surface area contributed by atoms with Crippen molar-refractivity contribution in [3.63, 3.8) is 0 Å². The van der Waals surface area contributed by atoms with Gasteiger partial charge < -0.3 is 24.4 Å². The number of aromatic nitrogens is 2. The smallest absolute Gasteiger partial charge is 0.258 e. The highest BCUT2D eigenvalue weighted by Gasteiger charge is 2.29. The Hall–Kier alpha value is -3.94. The summed E-state index contributed by atoms with van der Waals surface area (Å²) in [6.45, 7) is 11.5. The number of nitrogens with one attached hydrogen (secondary N) is 1. The van der Waals surface area contributed by atoms with Crippen LogP contribution in [0.25, 0.3) is 11.3 Å². The number of rotatable bonds is 8. The summed E-state index contributed by atoms with van der Waals surface area (Å²) in [4.78, 5) is 23.3. The summed E-state index contributed by atoms with van der Waals surface area (Å²) in [6.07, 6.45) is 1.69. The lowest BCUT2D eigenvalue weighted by molar-refractivity contribution is 0.0987. The molecule has 7 nitrogen and oxygen atoms in total. The Morgan fingerprint density at radius 2 is 1.73 bits per heavy atom. The maximum Gasteiger partial charge on any atom is 0.258 e. The largest absolute Gasteiger partial charge is 0.493 e. The number of ether oxygens (including phenoxy) is 1. The Morgan fingerprint density at radius 3 is 2.54 bits per heavy atom. The highest BCUT2D eigenvalue weighted by atomic mass is 16.5. The molecule has 6 rings (SSSR count). The minimum absolute atomic E-state index is 0.00212. The average Bonchev–Trinajstić information content (AvgIpc) is 3.21. The quantitative estimate of drug-likeness (QED) is 0.310. The van der Waals surface area contributed by atoms with Crippen LogP contribution >= 0.6 is 0 Å². The molecule has 1 N–H and O–H groups in total. The molecule has 0 unspecified atom stereocenters. The monoisotopic (exact) mass is 549 g/mol. The first kappa shape index (κ1) is 27.2. The van der Waals surface area contributed by atoms with E-state index in [0.29, 0.717) is 25.1 Å². The predicted molar refractivity (Wildman–Crippen MR) is 164 cm³/mol. The van der Waals surface area contributed by atoms with Gasteiger partial charge in [-0.05, 0) is 55.7 Å². The van der Waals surface area contributed by atoms with Crippen LogP contribution in [0.5, 0.6) is 5.75 Å². The first-order valence-corrected chi connectivity index (χ1v) is 14.8. The molecule has 4 aromatic rings. The molecule has 1 aromatic heterocycles. The number of carbonyl (C=O) groups is 1. The lowest BCUT2D eigenvalue weighted by Gasteiger charge is -2.27. The van der Waals surface area contributed by atoms with Crippen LogP contribution < -0.4 is 15.0 Å². The number of nitrogens with zero attached hydrogens (tertiary/aromatic N) is 4. The first-order chi connectivity index (χ1) is 20.1. The number of benzene rings is 3. The van der Waals surface area contributed by atoms with E-state index in [4.69, 9.17) is 9.72 Å². The lowest BCUT2D eigenvalue weighted by atomic mass is 10.1. The van der Waals surface area contributed by atoms with Crippen molar-refractivity contribution in [2.45, 2.75) is 33.2 Å². The second-order valence-electron chi connectivity index (χ2n) is 11.0. The number of para-hydroxylation sites is 1. The topological polar surface area (TPSA) is 62.6 Å². The number of amides is 1. The normalized spacial score (nSPS) is 15.2. The third-order valence-corrected chi connectivity index (χ3v) is 8.19. The van der Waals surface area contributed by atoms with E-state index in [1.54, 1.807) is 0 Å². The molecule has 41 heavy (non-hydrogen) atoms. The van der Waals surface area contributed by atoms with Gasteiger partial charge in [0.15, 0.2) is 0 Å². The minimum atomic E-state index is 0.00212. The van der Waals surface area contributed by atoms with Gasteiger partial charge in [-0.15, -0.1) is 0 Å². The van der Waals surface area contributed by atoms with E-state index in [1.807, 2.05) is 48.2 Å². The second-order valence-corrected chi connectivity index (χ2v) is 11.0. The Bertz CT molecular complexity index is 1510. The van der Waals surface area contributed by atoms with Crippen LogP contribution in [-0.2, 0) is 13.0 Å². The van der Waals surface area contributed by atoms with Gasteiger partial charge in [-0.25, -0.2) is 4.98 Å². The molecule has 0 aliphatic carbocycles. The van der Waals surface area contributed by atoms with Crippen LogP contribution in [0.15, 0.2) is 72.8 Å². The Kier molecular flexibility index (Phi) is 8.16. The fraction of sp³-hybridized carbons (Fsp3) is 0.353.